The van der Waals surface area contributed by atoms with Crippen molar-refractivity contribution in [2.24, 2.45) is 5.73 Å². The van der Waals surface area contributed by atoms with Gasteiger partial charge >= 0.3 is 0 Å². The number of aliphatic hydroxyl groups excluding tert-OH is 1. The van der Waals surface area contributed by atoms with Crippen molar-refractivity contribution in [2.45, 2.75) is 65.8 Å². The van der Waals surface area contributed by atoms with Crippen LogP contribution in [-0.4, -0.2) is 22.2 Å². The predicted molar refractivity (Wildman–Crippen MR) is 108 cm³/mol. The number of nitrogens with zero attached hydrogens (tertiary/aromatic N) is 1. The van der Waals surface area contributed by atoms with Crippen LogP contribution in [0.3, 0.4) is 0 Å². The molecule has 0 bridgehead atoms. The molecule has 3 N–H and O–H groups in total. The Balaban J connectivity index is 2.66. The molecule has 0 aliphatic rings. The van der Waals surface area contributed by atoms with E-state index in [0.717, 1.165) is 35.4 Å². The van der Waals surface area contributed by atoms with Crippen LogP contribution in [0, 0.1) is 6.92 Å². The first-order valence-corrected chi connectivity index (χ1v) is 9.45. The van der Waals surface area contributed by atoms with Gasteiger partial charge in [-0.25, -0.2) is 0 Å². The summed E-state index contributed by atoms with van der Waals surface area (Å²) < 4.78 is 2.16. The van der Waals surface area contributed by atoms with Crippen LogP contribution < -0.4 is 5.73 Å². The van der Waals surface area contributed by atoms with Gasteiger partial charge in [0.05, 0.1) is 5.56 Å². The summed E-state index contributed by atoms with van der Waals surface area (Å²) in [5.74, 6) is -0.391. The highest BCUT2D eigenvalue weighted by molar-refractivity contribution is 6.02. The van der Waals surface area contributed by atoms with Gasteiger partial charge in [0.15, 0.2) is 0 Å². The van der Waals surface area contributed by atoms with E-state index in [1.54, 1.807) is 0 Å². The molecule has 1 heterocycles. The monoisotopic (exact) mass is 356 g/mol. The van der Waals surface area contributed by atoms with Crippen molar-refractivity contribution in [1.82, 2.24) is 4.57 Å². The second-order valence-corrected chi connectivity index (χ2v) is 7.95. The van der Waals surface area contributed by atoms with Crippen LogP contribution in [0.4, 0.5) is 0 Å². The summed E-state index contributed by atoms with van der Waals surface area (Å²) in [4.78, 5) is 12.2. The van der Waals surface area contributed by atoms with Crippen molar-refractivity contribution in [3.63, 3.8) is 0 Å². The third-order valence-electron chi connectivity index (χ3n) is 4.94. The molecule has 0 unspecified atom stereocenters. The number of hydrogen-bond donors (Lipinski definition) is 2. The van der Waals surface area contributed by atoms with Crippen LogP contribution in [-0.2, 0) is 18.4 Å². The lowest BCUT2D eigenvalue weighted by Gasteiger charge is -2.19. The molecule has 0 radical (unpaired) electrons. The highest BCUT2D eigenvalue weighted by Crippen LogP contribution is 2.35. The number of aromatic nitrogens is 1. The van der Waals surface area contributed by atoms with Crippen LogP contribution >= 0.6 is 0 Å². The SMILES string of the molecule is CCCc1c(-c2ccc(C(C)(C)C)cc2)c(C(N)=O)c(C)n1CCCO. The Hall–Kier alpha value is -2.07. The molecule has 2 aromatic rings. The molecule has 4 nitrogen and oxygen atoms in total. The average molecular weight is 357 g/mol. The Morgan fingerprint density at radius 3 is 2.27 bits per heavy atom. The Bertz CT molecular complexity index is 765. The lowest BCUT2D eigenvalue weighted by molar-refractivity contribution is 0.1000. The highest BCUT2D eigenvalue weighted by Gasteiger charge is 2.24. The number of amides is 1. The minimum atomic E-state index is -0.391. The van der Waals surface area contributed by atoms with Gasteiger partial charge in [-0.1, -0.05) is 58.4 Å². The summed E-state index contributed by atoms with van der Waals surface area (Å²) in [6.07, 6.45) is 2.51. The summed E-state index contributed by atoms with van der Waals surface area (Å²) in [6.45, 7) is 11.5. The lowest BCUT2D eigenvalue weighted by atomic mass is 9.86. The van der Waals surface area contributed by atoms with Gasteiger partial charge < -0.3 is 15.4 Å². The van der Waals surface area contributed by atoms with Gasteiger partial charge in [0.1, 0.15) is 0 Å². The van der Waals surface area contributed by atoms with Crippen LogP contribution in [0.2, 0.25) is 0 Å². The van der Waals surface area contributed by atoms with E-state index in [1.807, 2.05) is 6.92 Å². The maximum Gasteiger partial charge on any atom is 0.251 e. The minimum Gasteiger partial charge on any atom is -0.396 e. The van der Waals surface area contributed by atoms with E-state index in [0.29, 0.717) is 18.5 Å². The molecule has 0 atom stereocenters. The fourth-order valence-electron chi connectivity index (χ4n) is 3.58. The summed E-state index contributed by atoms with van der Waals surface area (Å²) in [6, 6.07) is 8.46. The molecule has 4 heteroatoms. The fraction of sp³-hybridized carbons (Fsp3) is 0.500. The van der Waals surface area contributed by atoms with Gasteiger partial charge in [-0.2, -0.15) is 0 Å². The van der Waals surface area contributed by atoms with Crippen LogP contribution in [0.15, 0.2) is 24.3 Å². The van der Waals surface area contributed by atoms with E-state index in [2.05, 4.69) is 56.5 Å². The molecule has 0 spiro atoms. The third-order valence-corrected chi connectivity index (χ3v) is 4.94. The first kappa shape index (κ1) is 20.2. The topological polar surface area (TPSA) is 68.2 Å². The van der Waals surface area contributed by atoms with E-state index < -0.39 is 5.91 Å². The number of hydrogen-bond acceptors (Lipinski definition) is 2. The second kappa shape index (κ2) is 8.09. The molecule has 1 aromatic heterocycles. The molecule has 0 fully saturated rings. The normalized spacial score (nSPS) is 11.8. The zero-order valence-electron chi connectivity index (χ0n) is 16.7. The number of aliphatic hydroxyl groups is 1. The Morgan fingerprint density at radius 1 is 1.19 bits per heavy atom. The molecule has 0 aliphatic carbocycles. The van der Waals surface area contributed by atoms with Crippen molar-refractivity contribution >= 4 is 5.91 Å². The molecule has 1 aromatic carbocycles. The Kier molecular flexibility index (Phi) is 6.30. The summed E-state index contributed by atoms with van der Waals surface area (Å²) in [5, 5.41) is 9.24. The van der Waals surface area contributed by atoms with Gasteiger partial charge in [-0.05, 0) is 36.3 Å². The van der Waals surface area contributed by atoms with Crippen molar-refractivity contribution in [2.75, 3.05) is 6.61 Å². The second-order valence-electron chi connectivity index (χ2n) is 7.95. The van der Waals surface area contributed by atoms with Gasteiger partial charge in [0, 0.05) is 30.1 Å². The molecule has 2 rings (SSSR count). The van der Waals surface area contributed by atoms with Gasteiger partial charge in [0.25, 0.3) is 5.91 Å². The van der Waals surface area contributed by atoms with E-state index >= 15 is 0 Å². The number of primary amides is 1. The minimum absolute atomic E-state index is 0.0836. The van der Waals surface area contributed by atoms with Gasteiger partial charge in [-0.15, -0.1) is 0 Å². The number of benzene rings is 1. The third kappa shape index (κ3) is 4.01. The average Bonchev–Trinajstić information content (AvgIpc) is 2.85. The van der Waals surface area contributed by atoms with Crippen molar-refractivity contribution in [1.29, 1.82) is 0 Å². The lowest BCUT2D eigenvalue weighted by Crippen LogP contribution is -2.14. The molecule has 0 saturated carbocycles. The Morgan fingerprint density at radius 2 is 1.81 bits per heavy atom. The van der Waals surface area contributed by atoms with Crippen LogP contribution in [0.25, 0.3) is 11.1 Å². The van der Waals surface area contributed by atoms with Gasteiger partial charge in [0.2, 0.25) is 0 Å². The molecule has 1 amide bonds. The first-order valence-electron chi connectivity index (χ1n) is 9.45. The van der Waals surface area contributed by atoms with Crippen molar-refractivity contribution in [3.8, 4) is 11.1 Å². The number of carbonyl (C=O) groups is 1. The van der Waals surface area contributed by atoms with E-state index in [4.69, 9.17) is 5.73 Å². The molecule has 26 heavy (non-hydrogen) atoms. The number of carbonyl (C=O) groups excluding carboxylic acids is 1. The van der Waals surface area contributed by atoms with Crippen molar-refractivity contribution < 1.29 is 9.90 Å². The standard InChI is InChI=1S/C22H32N2O2/c1-6-8-18-20(16-9-11-17(12-10-16)22(3,4)5)19(21(23)26)15(2)24(18)13-7-14-25/h9-12,25H,6-8,13-14H2,1-5H3,(H2,23,26). The number of rotatable bonds is 7. The summed E-state index contributed by atoms with van der Waals surface area (Å²) in [5.41, 5.74) is 11.7. The highest BCUT2D eigenvalue weighted by atomic mass is 16.3. The predicted octanol–water partition coefficient (Wildman–Crippen LogP) is 4.19. The van der Waals surface area contributed by atoms with E-state index in [1.165, 1.54) is 5.56 Å². The quantitative estimate of drug-likeness (QED) is 0.781. The summed E-state index contributed by atoms with van der Waals surface area (Å²) >= 11 is 0. The maximum atomic E-state index is 12.2. The summed E-state index contributed by atoms with van der Waals surface area (Å²) in [7, 11) is 0. The molecule has 142 valence electrons. The molecule has 0 aliphatic heterocycles. The molecular weight excluding hydrogens is 324 g/mol. The first-order chi connectivity index (χ1) is 12.2. The number of nitrogens with two attached hydrogens (primary N) is 1. The maximum absolute atomic E-state index is 12.2. The smallest absolute Gasteiger partial charge is 0.251 e. The van der Waals surface area contributed by atoms with Gasteiger partial charge in [-0.3, -0.25) is 4.79 Å². The largest absolute Gasteiger partial charge is 0.396 e. The van der Waals surface area contributed by atoms with E-state index in [9.17, 15) is 9.90 Å². The zero-order chi connectivity index (χ0) is 19.5. The molecule has 0 saturated heterocycles. The van der Waals surface area contributed by atoms with Crippen LogP contribution in [0.1, 0.15) is 67.8 Å². The Labute approximate surface area is 157 Å². The van der Waals surface area contributed by atoms with Crippen LogP contribution in [0.5, 0.6) is 0 Å². The van der Waals surface area contributed by atoms with Crippen molar-refractivity contribution in [3.05, 3.63) is 46.8 Å². The van der Waals surface area contributed by atoms with E-state index in [-0.39, 0.29) is 12.0 Å². The fourth-order valence-corrected chi connectivity index (χ4v) is 3.58. The zero-order valence-corrected chi connectivity index (χ0v) is 16.7. The molecular formula is C22H32N2O2.